The first kappa shape index (κ1) is 21.6. The van der Waals surface area contributed by atoms with Gasteiger partial charge >= 0.3 is 0 Å². The fraction of sp³-hybridized carbons (Fsp3) is 0.350. The molecule has 0 aromatic heterocycles. The number of nitrogens with zero attached hydrogens (tertiary/aromatic N) is 1. The molecular formula is C20H25BrN2O3S. The summed E-state index contributed by atoms with van der Waals surface area (Å²) in [7, 11) is -3.61. The Kier molecular flexibility index (Phi) is 7.19. The molecule has 1 N–H and O–H groups in total. The lowest BCUT2D eigenvalue weighted by Crippen LogP contribution is -2.31. The van der Waals surface area contributed by atoms with E-state index in [0.717, 1.165) is 15.6 Å². The Hall–Kier alpha value is -1.70. The molecule has 0 aliphatic heterocycles. The summed E-state index contributed by atoms with van der Waals surface area (Å²) in [6.07, 6.45) is 0. The zero-order valence-corrected chi connectivity index (χ0v) is 18.4. The number of amides is 1. The summed E-state index contributed by atoms with van der Waals surface area (Å²) in [6.45, 7) is 8.05. The van der Waals surface area contributed by atoms with Gasteiger partial charge in [0.25, 0.3) is 5.91 Å². The van der Waals surface area contributed by atoms with Gasteiger partial charge < -0.3 is 5.32 Å². The minimum absolute atomic E-state index is 0.137. The van der Waals surface area contributed by atoms with Gasteiger partial charge in [-0.15, -0.1) is 0 Å². The van der Waals surface area contributed by atoms with Crippen LogP contribution in [0.25, 0.3) is 0 Å². The van der Waals surface area contributed by atoms with Gasteiger partial charge in [0.2, 0.25) is 10.0 Å². The Labute approximate surface area is 170 Å². The van der Waals surface area contributed by atoms with Gasteiger partial charge in [0.15, 0.2) is 0 Å². The second kappa shape index (κ2) is 8.99. The molecule has 5 nitrogen and oxygen atoms in total. The Morgan fingerprint density at radius 3 is 2.26 bits per heavy atom. The van der Waals surface area contributed by atoms with Gasteiger partial charge in [-0.05, 0) is 49.2 Å². The van der Waals surface area contributed by atoms with E-state index in [1.54, 1.807) is 32.9 Å². The molecule has 2 aromatic carbocycles. The maximum Gasteiger partial charge on any atom is 0.252 e. The van der Waals surface area contributed by atoms with Crippen LogP contribution in [-0.2, 0) is 10.0 Å². The van der Waals surface area contributed by atoms with E-state index < -0.39 is 10.0 Å². The van der Waals surface area contributed by atoms with Gasteiger partial charge in [-0.3, -0.25) is 4.79 Å². The normalized spacial score (nSPS) is 12.8. The van der Waals surface area contributed by atoms with Crippen molar-refractivity contribution in [2.24, 2.45) is 0 Å². The molecule has 2 rings (SSSR count). The minimum atomic E-state index is -3.61. The lowest BCUT2D eigenvalue weighted by molar-refractivity contribution is 0.0939. The first-order valence-electron chi connectivity index (χ1n) is 8.87. The SMILES string of the molecule is CCN(CC)S(=O)(=O)c1ccc(C)c(C(=O)NC(C)c2ccc(Br)cc2)c1. The van der Waals surface area contributed by atoms with Crippen molar-refractivity contribution in [3.05, 3.63) is 63.6 Å². The first-order valence-corrected chi connectivity index (χ1v) is 11.1. The highest BCUT2D eigenvalue weighted by atomic mass is 79.9. The third-order valence-electron chi connectivity index (χ3n) is 4.51. The van der Waals surface area contributed by atoms with Gasteiger partial charge in [0, 0.05) is 23.1 Å². The number of hydrogen-bond acceptors (Lipinski definition) is 3. The number of aryl methyl sites for hydroxylation is 1. The lowest BCUT2D eigenvalue weighted by Gasteiger charge is -2.20. The zero-order chi connectivity index (χ0) is 20.2. The van der Waals surface area contributed by atoms with E-state index in [1.165, 1.54) is 10.4 Å². The van der Waals surface area contributed by atoms with Crippen LogP contribution in [-0.4, -0.2) is 31.7 Å². The molecule has 7 heteroatoms. The molecule has 0 aliphatic carbocycles. The number of rotatable bonds is 7. The first-order chi connectivity index (χ1) is 12.7. The fourth-order valence-corrected chi connectivity index (χ4v) is 4.58. The number of carbonyl (C=O) groups excluding carboxylic acids is 1. The highest BCUT2D eigenvalue weighted by Crippen LogP contribution is 2.21. The quantitative estimate of drug-likeness (QED) is 0.681. The van der Waals surface area contributed by atoms with E-state index in [-0.39, 0.29) is 16.8 Å². The van der Waals surface area contributed by atoms with E-state index in [0.29, 0.717) is 18.7 Å². The van der Waals surface area contributed by atoms with Gasteiger partial charge in [-0.25, -0.2) is 8.42 Å². The van der Waals surface area contributed by atoms with E-state index in [9.17, 15) is 13.2 Å². The van der Waals surface area contributed by atoms with Crippen LogP contribution in [0.5, 0.6) is 0 Å². The number of benzene rings is 2. The molecule has 0 aliphatic rings. The van der Waals surface area contributed by atoms with Gasteiger partial charge in [0.1, 0.15) is 0 Å². The average Bonchev–Trinajstić information content (AvgIpc) is 2.63. The number of carbonyl (C=O) groups is 1. The summed E-state index contributed by atoms with van der Waals surface area (Å²) >= 11 is 3.39. The Bertz CT molecular complexity index is 907. The smallest absolute Gasteiger partial charge is 0.252 e. The van der Waals surface area contributed by atoms with E-state index >= 15 is 0 Å². The number of nitrogens with one attached hydrogen (secondary N) is 1. The molecule has 1 unspecified atom stereocenters. The predicted octanol–water partition coefficient (Wildman–Crippen LogP) is 4.28. The van der Waals surface area contributed by atoms with Gasteiger partial charge in [0.05, 0.1) is 10.9 Å². The molecule has 0 fully saturated rings. The molecule has 0 spiro atoms. The molecule has 0 saturated carbocycles. The van der Waals surface area contributed by atoms with Crippen molar-refractivity contribution >= 4 is 31.9 Å². The van der Waals surface area contributed by atoms with Crippen molar-refractivity contribution in [3.8, 4) is 0 Å². The monoisotopic (exact) mass is 452 g/mol. The van der Waals surface area contributed by atoms with Crippen LogP contribution < -0.4 is 5.32 Å². The van der Waals surface area contributed by atoms with Crippen LogP contribution in [0.15, 0.2) is 51.8 Å². The molecule has 27 heavy (non-hydrogen) atoms. The van der Waals surface area contributed by atoms with Crippen molar-refractivity contribution in [1.29, 1.82) is 0 Å². The second-order valence-corrected chi connectivity index (χ2v) is 9.17. The topological polar surface area (TPSA) is 66.5 Å². The third-order valence-corrected chi connectivity index (χ3v) is 7.09. The van der Waals surface area contributed by atoms with Crippen LogP contribution in [0, 0.1) is 6.92 Å². The summed E-state index contributed by atoms with van der Waals surface area (Å²) in [5, 5.41) is 2.95. The summed E-state index contributed by atoms with van der Waals surface area (Å²) in [5.74, 6) is -0.292. The summed E-state index contributed by atoms with van der Waals surface area (Å²) in [4.78, 5) is 12.9. The average molecular weight is 453 g/mol. The van der Waals surface area contributed by atoms with Crippen molar-refractivity contribution < 1.29 is 13.2 Å². The largest absolute Gasteiger partial charge is 0.346 e. The van der Waals surface area contributed by atoms with Crippen molar-refractivity contribution in [1.82, 2.24) is 9.62 Å². The van der Waals surface area contributed by atoms with Crippen LogP contribution in [0.1, 0.15) is 48.3 Å². The molecule has 0 radical (unpaired) electrons. The molecule has 1 amide bonds. The predicted molar refractivity (Wildman–Crippen MR) is 111 cm³/mol. The summed E-state index contributed by atoms with van der Waals surface area (Å²) < 4.78 is 27.8. The summed E-state index contributed by atoms with van der Waals surface area (Å²) in [6, 6.07) is 12.2. The number of sulfonamides is 1. The van der Waals surface area contributed by atoms with E-state index in [4.69, 9.17) is 0 Å². The Morgan fingerprint density at radius 2 is 1.70 bits per heavy atom. The maximum atomic E-state index is 12.8. The van der Waals surface area contributed by atoms with Crippen LogP contribution in [0.2, 0.25) is 0 Å². The number of hydrogen-bond donors (Lipinski definition) is 1. The molecule has 0 saturated heterocycles. The molecule has 146 valence electrons. The fourth-order valence-electron chi connectivity index (χ4n) is 2.83. The Morgan fingerprint density at radius 1 is 1.11 bits per heavy atom. The van der Waals surface area contributed by atoms with E-state index in [1.807, 2.05) is 31.2 Å². The van der Waals surface area contributed by atoms with Gasteiger partial charge in [-0.2, -0.15) is 4.31 Å². The molecule has 1 atom stereocenters. The molecule has 2 aromatic rings. The van der Waals surface area contributed by atoms with E-state index in [2.05, 4.69) is 21.2 Å². The van der Waals surface area contributed by atoms with Crippen molar-refractivity contribution in [2.75, 3.05) is 13.1 Å². The standard InChI is InChI=1S/C20H25BrN2O3S/c1-5-23(6-2)27(25,26)18-12-7-14(3)19(13-18)20(24)22-15(4)16-8-10-17(21)11-9-16/h7-13,15H,5-6H2,1-4H3,(H,22,24). The zero-order valence-electron chi connectivity index (χ0n) is 16.0. The minimum Gasteiger partial charge on any atom is -0.346 e. The lowest BCUT2D eigenvalue weighted by atomic mass is 10.1. The third kappa shape index (κ3) is 4.97. The highest BCUT2D eigenvalue weighted by molar-refractivity contribution is 9.10. The van der Waals surface area contributed by atoms with Crippen LogP contribution in [0.3, 0.4) is 0 Å². The highest BCUT2D eigenvalue weighted by Gasteiger charge is 2.24. The van der Waals surface area contributed by atoms with Crippen molar-refractivity contribution in [2.45, 2.75) is 38.6 Å². The second-order valence-electron chi connectivity index (χ2n) is 6.31. The van der Waals surface area contributed by atoms with Crippen LogP contribution in [0.4, 0.5) is 0 Å². The Balaban J connectivity index is 2.30. The van der Waals surface area contributed by atoms with Crippen molar-refractivity contribution in [3.63, 3.8) is 0 Å². The number of halogens is 1. The molecule has 0 heterocycles. The van der Waals surface area contributed by atoms with Gasteiger partial charge in [-0.1, -0.05) is 48.0 Å². The molecule has 0 bridgehead atoms. The van der Waals surface area contributed by atoms with Crippen LogP contribution >= 0.6 is 15.9 Å². The maximum absolute atomic E-state index is 12.8. The molecular weight excluding hydrogens is 428 g/mol. The summed E-state index contributed by atoms with van der Waals surface area (Å²) in [5.41, 5.74) is 2.07.